The van der Waals surface area contributed by atoms with Crippen molar-refractivity contribution in [3.63, 3.8) is 0 Å². The van der Waals surface area contributed by atoms with Crippen molar-refractivity contribution in [2.75, 3.05) is 24.2 Å². The van der Waals surface area contributed by atoms with Gasteiger partial charge in [-0.3, -0.25) is 10.1 Å². The maximum Gasteiger partial charge on any atom is 0.311 e. The molecule has 1 saturated heterocycles. The summed E-state index contributed by atoms with van der Waals surface area (Å²) in [6.07, 6.45) is 2.55. The zero-order valence-electron chi connectivity index (χ0n) is 14.3. The fraction of sp³-hybridized carbons (Fsp3) is 0.333. The van der Waals surface area contributed by atoms with Gasteiger partial charge >= 0.3 is 5.69 Å². The minimum absolute atomic E-state index is 0.262. The highest BCUT2D eigenvalue weighted by Crippen LogP contribution is 2.37. The number of nitro groups is 1. The van der Waals surface area contributed by atoms with Gasteiger partial charge in [0.1, 0.15) is 16.4 Å². The van der Waals surface area contributed by atoms with Crippen LogP contribution in [0.15, 0.2) is 47.4 Å². The van der Waals surface area contributed by atoms with Crippen molar-refractivity contribution in [1.29, 1.82) is 0 Å². The van der Waals surface area contributed by atoms with E-state index in [1.54, 1.807) is 18.2 Å². The largest absolute Gasteiger partial charge is 0.366 e. The normalized spacial score (nSPS) is 17.5. The van der Waals surface area contributed by atoms with Crippen LogP contribution in [0.2, 0.25) is 0 Å². The van der Waals surface area contributed by atoms with E-state index in [0.717, 1.165) is 24.7 Å². The third-order valence-electron chi connectivity index (χ3n) is 4.62. The van der Waals surface area contributed by atoms with E-state index in [2.05, 4.69) is 0 Å². The fourth-order valence-electron chi connectivity index (χ4n) is 3.42. The van der Waals surface area contributed by atoms with E-state index >= 15 is 0 Å². The maximum absolute atomic E-state index is 13.0. The predicted octanol–water partition coefficient (Wildman–Crippen LogP) is 3.21. The molecule has 1 atom stereocenters. The van der Waals surface area contributed by atoms with Gasteiger partial charge in [-0.2, -0.15) is 0 Å². The Morgan fingerprint density at radius 1 is 1.23 bits per heavy atom. The van der Waals surface area contributed by atoms with Crippen LogP contribution in [0.5, 0.6) is 0 Å². The zero-order chi connectivity index (χ0) is 18.9. The van der Waals surface area contributed by atoms with Crippen LogP contribution in [0.3, 0.4) is 0 Å². The van der Waals surface area contributed by atoms with Crippen molar-refractivity contribution in [1.82, 2.24) is 0 Å². The molecule has 138 valence electrons. The molecular formula is C18H19FN2O4S. The Balaban J connectivity index is 1.84. The lowest BCUT2D eigenvalue weighted by Crippen LogP contribution is -2.22. The molecule has 0 radical (unpaired) electrons. The van der Waals surface area contributed by atoms with Crippen LogP contribution in [-0.4, -0.2) is 32.7 Å². The molecule has 0 bridgehead atoms. The van der Waals surface area contributed by atoms with Crippen LogP contribution >= 0.6 is 0 Å². The topological polar surface area (TPSA) is 80.5 Å². The van der Waals surface area contributed by atoms with Crippen LogP contribution in [0.4, 0.5) is 15.8 Å². The summed E-state index contributed by atoms with van der Waals surface area (Å²) in [6.45, 7) is 1.20. The number of rotatable bonds is 5. The van der Waals surface area contributed by atoms with Crippen LogP contribution < -0.4 is 4.90 Å². The smallest absolute Gasteiger partial charge is 0.311 e. The number of anilines is 1. The highest BCUT2D eigenvalue weighted by Gasteiger charge is 2.32. The molecule has 0 aromatic heterocycles. The van der Waals surface area contributed by atoms with Gasteiger partial charge in [-0.25, -0.2) is 12.8 Å². The van der Waals surface area contributed by atoms with Gasteiger partial charge in [0.15, 0.2) is 9.84 Å². The number of benzene rings is 2. The standard InChI is InChI=1S/C18H19FN2O4S/c1-26(24,25)17-4-2-3-16(18(17)21(22)23)20-10-9-14(12-20)11-13-5-7-15(19)8-6-13/h2-8,14H,9-12H2,1H3. The molecule has 1 aliphatic heterocycles. The second-order valence-corrected chi connectivity index (χ2v) is 8.57. The monoisotopic (exact) mass is 378 g/mol. The first kappa shape index (κ1) is 18.3. The van der Waals surface area contributed by atoms with Crippen LogP contribution in [0, 0.1) is 21.8 Å². The van der Waals surface area contributed by atoms with Crippen LogP contribution in [0.25, 0.3) is 0 Å². The quantitative estimate of drug-likeness (QED) is 0.590. The van der Waals surface area contributed by atoms with Gasteiger partial charge in [-0.05, 0) is 48.6 Å². The minimum atomic E-state index is -3.70. The molecule has 2 aromatic carbocycles. The molecule has 0 N–H and O–H groups in total. The average Bonchev–Trinajstić information content (AvgIpc) is 3.04. The Labute approximate surface area is 151 Å². The predicted molar refractivity (Wildman–Crippen MR) is 96.6 cm³/mol. The van der Waals surface area contributed by atoms with Gasteiger partial charge < -0.3 is 4.90 Å². The summed E-state index contributed by atoms with van der Waals surface area (Å²) in [5, 5.41) is 11.5. The van der Waals surface area contributed by atoms with Crippen LogP contribution in [-0.2, 0) is 16.3 Å². The minimum Gasteiger partial charge on any atom is -0.366 e. The number of nitrogens with zero attached hydrogens (tertiary/aromatic N) is 2. The lowest BCUT2D eigenvalue weighted by atomic mass is 9.99. The summed E-state index contributed by atoms with van der Waals surface area (Å²) in [6, 6.07) is 10.7. The van der Waals surface area contributed by atoms with E-state index < -0.39 is 14.8 Å². The van der Waals surface area contributed by atoms with Crippen molar-refractivity contribution >= 4 is 21.2 Å². The van der Waals surface area contributed by atoms with E-state index in [1.807, 2.05) is 4.90 Å². The zero-order valence-corrected chi connectivity index (χ0v) is 15.1. The van der Waals surface area contributed by atoms with E-state index in [1.165, 1.54) is 24.3 Å². The fourth-order valence-corrected chi connectivity index (χ4v) is 4.28. The van der Waals surface area contributed by atoms with Gasteiger partial charge in [0.05, 0.1) is 4.92 Å². The van der Waals surface area contributed by atoms with E-state index in [-0.39, 0.29) is 22.3 Å². The molecular weight excluding hydrogens is 359 g/mol. The second-order valence-electron chi connectivity index (χ2n) is 6.58. The first-order chi connectivity index (χ1) is 12.3. The number of hydrogen-bond acceptors (Lipinski definition) is 5. The lowest BCUT2D eigenvalue weighted by Gasteiger charge is -2.19. The SMILES string of the molecule is CS(=O)(=O)c1cccc(N2CCC(Cc3ccc(F)cc3)C2)c1[N+](=O)[O-]. The Morgan fingerprint density at radius 2 is 1.92 bits per heavy atom. The summed E-state index contributed by atoms with van der Waals surface area (Å²) >= 11 is 0. The summed E-state index contributed by atoms with van der Waals surface area (Å²) < 4.78 is 36.8. The maximum atomic E-state index is 13.0. The average molecular weight is 378 g/mol. The Kier molecular flexibility index (Phi) is 4.95. The number of hydrogen-bond donors (Lipinski definition) is 0. The van der Waals surface area contributed by atoms with Gasteiger partial charge in [0.2, 0.25) is 0 Å². The van der Waals surface area contributed by atoms with E-state index in [4.69, 9.17) is 0 Å². The van der Waals surface area contributed by atoms with Gasteiger partial charge in [0.25, 0.3) is 0 Å². The van der Waals surface area contributed by atoms with Gasteiger partial charge in [-0.1, -0.05) is 18.2 Å². The molecule has 1 fully saturated rings. The summed E-state index contributed by atoms with van der Waals surface area (Å²) in [7, 11) is -3.70. The molecule has 1 heterocycles. The first-order valence-electron chi connectivity index (χ1n) is 8.22. The molecule has 0 amide bonds. The van der Waals surface area contributed by atoms with E-state index in [0.29, 0.717) is 18.8 Å². The number of sulfone groups is 1. The molecule has 1 aliphatic rings. The van der Waals surface area contributed by atoms with Crippen molar-refractivity contribution in [2.45, 2.75) is 17.7 Å². The number of para-hydroxylation sites is 1. The molecule has 0 saturated carbocycles. The third-order valence-corrected chi connectivity index (χ3v) is 5.75. The molecule has 3 rings (SSSR count). The summed E-state index contributed by atoms with van der Waals surface area (Å²) in [5.41, 5.74) is 0.981. The molecule has 6 nitrogen and oxygen atoms in total. The highest BCUT2D eigenvalue weighted by molar-refractivity contribution is 7.90. The van der Waals surface area contributed by atoms with Gasteiger partial charge in [-0.15, -0.1) is 0 Å². The lowest BCUT2D eigenvalue weighted by molar-refractivity contribution is -0.387. The highest BCUT2D eigenvalue weighted by atomic mass is 32.2. The van der Waals surface area contributed by atoms with Crippen molar-refractivity contribution < 1.29 is 17.7 Å². The molecule has 0 spiro atoms. The summed E-state index contributed by atoms with van der Waals surface area (Å²) in [4.78, 5) is 12.5. The third kappa shape index (κ3) is 3.85. The first-order valence-corrected chi connectivity index (χ1v) is 10.1. The Bertz CT molecular complexity index is 929. The number of halogens is 1. The van der Waals surface area contributed by atoms with Crippen molar-refractivity contribution in [3.8, 4) is 0 Å². The Morgan fingerprint density at radius 3 is 2.54 bits per heavy atom. The summed E-state index contributed by atoms with van der Waals surface area (Å²) in [5.74, 6) is -0.0167. The Hall–Kier alpha value is -2.48. The van der Waals surface area contributed by atoms with Gasteiger partial charge in [0, 0.05) is 19.3 Å². The van der Waals surface area contributed by atoms with Crippen LogP contribution in [0.1, 0.15) is 12.0 Å². The van der Waals surface area contributed by atoms with E-state index in [9.17, 15) is 22.9 Å². The molecule has 0 aliphatic carbocycles. The second kappa shape index (κ2) is 7.03. The molecule has 1 unspecified atom stereocenters. The number of nitro benzene ring substituents is 1. The van der Waals surface area contributed by atoms with Crippen molar-refractivity contribution in [3.05, 3.63) is 64.0 Å². The van der Waals surface area contributed by atoms with Crippen molar-refractivity contribution in [2.24, 2.45) is 5.92 Å². The molecule has 8 heteroatoms. The molecule has 26 heavy (non-hydrogen) atoms. The molecule has 2 aromatic rings.